The molecule has 1 aromatic carbocycles. The van der Waals surface area contributed by atoms with E-state index in [1.807, 2.05) is 0 Å². The maximum absolute atomic E-state index is 2.75. The molecule has 0 aliphatic heterocycles. The van der Waals surface area contributed by atoms with Gasteiger partial charge < -0.3 is 0 Å². The van der Waals surface area contributed by atoms with Crippen LogP contribution in [0.1, 0.15) is 11.1 Å². The Morgan fingerprint density at radius 1 is 1.30 bits per heavy atom. The average molecular weight is 146 g/mol. The third-order valence-corrected chi connectivity index (χ3v) is 1.96. The molecule has 1 aromatic rings. The van der Waals surface area contributed by atoms with Gasteiger partial charge in [-0.2, -0.15) is 0 Å². The van der Waals surface area contributed by atoms with Gasteiger partial charge in [0.15, 0.2) is 0 Å². The molecule has 0 fully saturated rings. The molecule has 0 heterocycles. The Morgan fingerprint density at radius 2 is 2.00 bits per heavy atom. The van der Waals surface area contributed by atoms with Gasteiger partial charge in [-0.3, -0.25) is 0 Å². The van der Waals surface area contributed by atoms with Crippen molar-refractivity contribution in [3.8, 4) is 0 Å². The number of hydrogen-bond acceptors (Lipinski definition) is 0. The van der Waals surface area contributed by atoms with Crippen molar-refractivity contribution in [1.82, 2.24) is 0 Å². The molecule has 1 heteroatoms. The van der Waals surface area contributed by atoms with Crippen molar-refractivity contribution < 1.29 is 0 Å². The van der Waals surface area contributed by atoms with E-state index in [0.29, 0.717) is 0 Å². The Morgan fingerprint density at radius 3 is 2.60 bits per heavy atom. The Labute approximate surface area is 70.7 Å². The molecule has 0 spiro atoms. The Hall–Kier alpha value is -0.248. The van der Waals surface area contributed by atoms with E-state index in [1.165, 1.54) is 17.5 Å². The summed E-state index contributed by atoms with van der Waals surface area (Å²) in [7, 11) is 0. The monoisotopic (exact) mass is 146 g/mol. The summed E-state index contributed by atoms with van der Waals surface area (Å²) < 4.78 is 0. The van der Waals surface area contributed by atoms with Crippen LogP contribution in [0, 0.1) is 6.92 Å². The van der Waals surface area contributed by atoms with E-state index >= 15 is 0 Å². The predicted octanol–water partition coefficient (Wildman–Crippen LogP) is 2.12. The zero-order chi connectivity index (χ0) is 7.40. The summed E-state index contributed by atoms with van der Waals surface area (Å²) in [5.74, 6) is 0. The fourth-order valence-corrected chi connectivity index (χ4v) is 1.36. The Balaban J connectivity index is 2.81. The summed E-state index contributed by atoms with van der Waals surface area (Å²) >= 11 is 2.75. The van der Waals surface area contributed by atoms with Crippen LogP contribution in [0.25, 0.3) is 0 Å². The van der Waals surface area contributed by atoms with Crippen molar-refractivity contribution in [3.63, 3.8) is 0 Å². The van der Waals surface area contributed by atoms with Crippen molar-refractivity contribution in [3.05, 3.63) is 35.4 Å². The molecule has 0 aliphatic carbocycles. The molecular weight excluding hydrogens is 135 g/mol. The van der Waals surface area contributed by atoms with E-state index in [4.69, 9.17) is 0 Å². The van der Waals surface area contributed by atoms with Gasteiger partial charge in [-0.15, -0.1) is 0 Å². The van der Waals surface area contributed by atoms with Crippen LogP contribution in [0.5, 0.6) is 0 Å². The van der Waals surface area contributed by atoms with Crippen molar-refractivity contribution in [1.29, 1.82) is 0 Å². The molecule has 0 aromatic heterocycles. The average Bonchev–Trinajstić information content (AvgIpc) is 1.94. The molecule has 0 aliphatic rings. The first kappa shape index (κ1) is 7.86. The summed E-state index contributed by atoms with van der Waals surface area (Å²) in [5.41, 5.74) is 2.88. The SMILES string of the molecule is Cc1ccccc1C[CH2][Al+2]. The Bertz CT molecular complexity index is 206. The van der Waals surface area contributed by atoms with Crippen LogP contribution >= 0.6 is 0 Å². The fourth-order valence-electron chi connectivity index (χ4n) is 1.05. The summed E-state index contributed by atoms with van der Waals surface area (Å²) in [6.07, 6.45) is 1.18. The molecule has 0 atom stereocenters. The van der Waals surface area contributed by atoms with Crippen LogP contribution in [0.15, 0.2) is 24.3 Å². The summed E-state index contributed by atoms with van der Waals surface area (Å²) in [4.78, 5) is 0. The van der Waals surface area contributed by atoms with E-state index in [2.05, 4.69) is 47.5 Å². The van der Waals surface area contributed by atoms with E-state index in [1.54, 1.807) is 0 Å². The number of rotatable bonds is 2. The first-order chi connectivity index (χ1) is 4.84. The van der Waals surface area contributed by atoms with Crippen molar-refractivity contribution in [2.24, 2.45) is 0 Å². The number of benzene rings is 1. The van der Waals surface area contributed by atoms with E-state index in [0.717, 1.165) is 5.28 Å². The molecule has 0 saturated carbocycles. The van der Waals surface area contributed by atoms with Gasteiger partial charge >= 0.3 is 70.3 Å². The summed E-state index contributed by atoms with van der Waals surface area (Å²) in [5, 5.41) is 1.16. The number of aryl methyl sites for hydroxylation is 2. The van der Waals surface area contributed by atoms with Crippen LogP contribution in [0.4, 0.5) is 0 Å². The second-order valence-corrected chi connectivity index (χ2v) is 3.04. The molecule has 0 unspecified atom stereocenters. The summed E-state index contributed by atoms with van der Waals surface area (Å²) in [6, 6.07) is 8.54. The maximum atomic E-state index is 2.75. The van der Waals surface area contributed by atoms with Gasteiger partial charge in [-0.05, 0) is 0 Å². The van der Waals surface area contributed by atoms with Crippen LogP contribution in [-0.4, -0.2) is 16.3 Å². The van der Waals surface area contributed by atoms with Gasteiger partial charge in [-0.1, -0.05) is 0 Å². The zero-order valence-corrected chi connectivity index (χ0v) is 7.46. The normalized spacial score (nSPS) is 9.90. The first-order valence-corrected chi connectivity index (χ1v) is 4.41. The van der Waals surface area contributed by atoms with E-state index < -0.39 is 0 Å². The van der Waals surface area contributed by atoms with Crippen LogP contribution in [0.3, 0.4) is 0 Å². The molecule has 0 N–H and O–H groups in total. The van der Waals surface area contributed by atoms with Gasteiger partial charge in [0.05, 0.1) is 0 Å². The number of hydrogen-bond donors (Lipinski definition) is 0. The first-order valence-electron chi connectivity index (χ1n) is 3.59. The fraction of sp³-hybridized carbons (Fsp3) is 0.333. The van der Waals surface area contributed by atoms with Crippen molar-refractivity contribution in [2.45, 2.75) is 18.6 Å². The minimum absolute atomic E-state index is 1.16. The van der Waals surface area contributed by atoms with E-state index in [9.17, 15) is 0 Å². The molecular formula is C9H11Al+2. The molecule has 48 valence electrons. The second kappa shape index (κ2) is 3.81. The molecule has 10 heavy (non-hydrogen) atoms. The topological polar surface area (TPSA) is 0 Å². The zero-order valence-electron chi connectivity index (χ0n) is 6.30. The van der Waals surface area contributed by atoms with Crippen molar-refractivity contribution in [2.75, 3.05) is 0 Å². The third-order valence-electron chi connectivity index (χ3n) is 1.67. The molecule has 0 nitrogen and oxygen atoms in total. The van der Waals surface area contributed by atoms with Crippen molar-refractivity contribution >= 4 is 16.3 Å². The van der Waals surface area contributed by atoms with Crippen LogP contribution in [-0.2, 0) is 6.42 Å². The molecule has 0 amide bonds. The van der Waals surface area contributed by atoms with Crippen LogP contribution in [0.2, 0.25) is 5.28 Å². The van der Waals surface area contributed by atoms with Gasteiger partial charge in [0, 0.05) is 0 Å². The van der Waals surface area contributed by atoms with Gasteiger partial charge in [0.25, 0.3) is 0 Å². The van der Waals surface area contributed by atoms with Gasteiger partial charge in [0.2, 0.25) is 0 Å². The third kappa shape index (κ3) is 1.87. The van der Waals surface area contributed by atoms with Gasteiger partial charge in [-0.25, -0.2) is 0 Å². The standard InChI is InChI=1S/C9H11.Al/c1-3-9-7-5-4-6-8(9)2;/h4-7H,1,3H2,2H3;/q;+2. The molecule has 0 saturated heterocycles. The quantitative estimate of drug-likeness (QED) is 0.560. The van der Waals surface area contributed by atoms with E-state index in [-0.39, 0.29) is 0 Å². The molecule has 0 radical (unpaired) electrons. The van der Waals surface area contributed by atoms with Gasteiger partial charge in [0.1, 0.15) is 0 Å². The molecule has 1 rings (SSSR count). The van der Waals surface area contributed by atoms with Crippen LogP contribution < -0.4 is 0 Å². The predicted molar refractivity (Wildman–Crippen MR) is 45.4 cm³/mol. The molecule has 0 bridgehead atoms. The minimum atomic E-state index is 1.16. The Kier molecular flexibility index (Phi) is 2.99. The second-order valence-electron chi connectivity index (χ2n) is 2.47. The summed E-state index contributed by atoms with van der Waals surface area (Å²) in [6.45, 7) is 2.16.